The maximum Gasteiger partial charge on any atom is 0.224 e. The Hall–Kier alpha value is -1.22. The normalized spacial score (nSPS) is 15.9. The minimum atomic E-state index is 0.0993. The molecule has 3 nitrogen and oxygen atoms in total. The molecule has 0 aliphatic heterocycles. The third-order valence-electron chi connectivity index (χ3n) is 3.91. The molecule has 0 unspecified atom stereocenters. The van der Waals surface area contributed by atoms with E-state index in [4.69, 9.17) is 11.6 Å². The first-order valence-corrected chi connectivity index (χ1v) is 7.71. The Morgan fingerprint density at radius 1 is 1.30 bits per heavy atom. The number of halogens is 1. The summed E-state index contributed by atoms with van der Waals surface area (Å²) in [7, 11) is 3.92. The van der Waals surface area contributed by atoms with Crippen LogP contribution in [0.25, 0.3) is 0 Å². The van der Waals surface area contributed by atoms with E-state index in [0.29, 0.717) is 17.4 Å². The lowest BCUT2D eigenvalue weighted by molar-refractivity contribution is -0.117. The van der Waals surface area contributed by atoms with Gasteiger partial charge in [0.05, 0.1) is 11.4 Å². The predicted octanol–water partition coefficient (Wildman–Crippen LogP) is 4.31. The van der Waals surface area contributed by atoms with Gasteiger partial charge in [-0.05, 0) is 37.0 Å². The van der Waals surface area contributed by atoms with Crippen molar-refractivity contribution < 1.29 is 4.79 Å². The van der Waals surface area contributed by atoms with E-state index >= 15 is 0 Å². The van der Waals surface area contributed by atoms with Crippen LogP contribution in [0, 0.1) is 5.92 Å². The van der Waals surface area contributed by atoms with Gasteiger partial charge in [-0.3, -0.25) is 4.79 Å². The average Bonchev–Trinajstić information content (AvgIpc) is 2.39. The Morgan fingerprint density at radius 2 is 2.00 bits per heavy atom. The molecule has 1 aliphatic rings. The molecular formula is C16H23ClN2O. The number of benzene rings is 1. The lowest BCUT2D eigenvalue weighted by atomic mass is 9.87. The summed E-state index contributed by atoms with van der Waals surface area (Å²) in [6, 6.07) is 5.59. The van der Waals surface area contributed by atoms with Gasteiger partial charge in [0.15, 0.2) is 0 Å². The van der Waals surface area contributed by atoms with E-state index in [1.807, 2.05) is 37.2 Å². The molecule has 0 aromatic heterocycles. The monoisotopic (exact) mass is 294 g/mol. The summed E-state index contributed by atoms with van der Waals surface area (Å²) in [5.41, 5.74) is 1.77. The molecule has 1 aliphatic carbocycles. The fourth-order valence-corrected chi connectivity index (χ4v) is 3.03. The van der Waals surface area contributed by atoms with E-state index in [1.54, 1.807) is 0 Å². The number of hydrogen-bond donors (Lipinski definition) is 1. The standard InChI is InChI=1S/C16H23ClN2O/c1-19(2)15-9-8-13(17)11-14(15)18-16(20)10-12-6-4-3-5-7-12/h8-9,11-12H,3-7,10H2,1-2H3,(H,18,20). The summed E-state index contributed by atoms with van der Waals surface area (Å²) in [5.74, 6) is 0.646. The van der Waals surface area contributed by atoms with Gasteiger partial charge in [-0.15, -0.1) is 0 Å². The van der Waals surface area contributed by atoms with Crippen LogP contribution in [0.3, 0.4) is 0 Å². The lowest BCUT2D eigenvalue weighted by Crippen LogP contribution is -2.20. The first-order chi connectivity index (χ1) is 9.56. The SMILES string of the molecule is CN(C)c1ccc(Cl)cc1NC(=O)CC1CCCCC1. The van der Waals surface area contributed by atoms with Crippen molar-refractivity contribution in [2.45, 2.75) is 38.5 Å². The van der Waals surface area contributed by atoms with E-state index in [0.717, 1.165) is 11.4 Å². The van der Waals surface area contributed by atoms with Crippen molar-refractivity contribution in [2.75, 3.05) is 24.3 Å². The van der Waals surface area contributed by atoms with E-state index < -0.39 is 0 Å². The molecule has 1 saturated carbocycles. The van der Waals surface area contributed by atoms with Crippen molar-refractivity contribution in [3.05, 3.63) is 23.2 Å². The molecule has 0 radical (unpaired) electrons. The van der Waals surface area contributed by atoms with Gasteiger partial charge in [0, 0.05) is 25.5 Å². The summed E-state index contributed by atoms with van der Waals surface area (Å²) in [5, 5.41) is 3.66. The number of anilines is 2. The third kappa shape index (κ3) is 4.14. The molecule has 0 atom stereocenters. The minimum absolute atomic E-state index is 0.0993. The number of rotatable bonds is 4. The number of hydrogen-bond acceptors (Lipinski definition) is 2. The second-order valence-corrected chi connectivity index (χ2v) is 6.25. The van der Waals surface area contributed by atoms with Crippen LogP contribution in [0.2, 0.25) is 5.02 Å². The number of carbonyl (C=O) groups is 1. The molecule has 1 fully saturated rings. The fraction of sp³-hybridized carbons (Fsp3) is 0.562. The number of nitrogens with zero attached hydrogens (tertiary/aromatic N) is 1. The minimum Gasteiger partial charge on any atom is -0.376 e. The highest BCUT2D eigenvalue weighted by molar-refractivity contribution is 6.31. The molecule has 0 heterocycles. The fourth-order valence-electron chi connectivity index (χ4n) is 2.85. The van der Waals surface area contributed by atoms with Gasteiger partial charge < -0.3 is 10.2 Å². The second-order valence-electron chi connectivity index (χ2n) is 5.81. The van der Waals surface area contributed by atoms with E-state index in [-0.39, 0.29) is 5.91 Å². The zero-order valence-corrected chi connectivity index (χ0v) is 13.0. The van der Waals surface area contributed by atoms with Crippen molar-refractivity contribution in [1.82, 2.24) is 0 Å². The molecule has 1 aromatic rings. The number of carbonyl (C=O) groups excluding carboxylic acids is 1. The van der Waals surface area contributed by atoms with E-state index in [1.165, 1.54) is 32.1 Å². The van der Waals surface area contributed by atoms with Crippen molar-refractivity contribution in [3.8, 4) is 0 Å². The zero-order valence-electron chi connectivity index (χ0n) is 12.3. The first kappa shape index (κ1) is 15.2. The first-order valence-electron chi connectivity index (χ1n) is 7.33. The predicted molar refractivity (Wildman–Crippen MR) is 85.6 cm³/mol. The third-order valence-corrected chi connectivity index (χ3v) is 4.15. The topological polar surface area (TPSA) is 32.3 Å². The molecule has 20 heavy (non-hydrogen) atoms. The maximum absolute atomic E-state index is 12.2. The summed E-state index contributed by atoms with van der Waals surface area (Å²) in [6.45, 7) is 0. The largest absolute Gasteiger partial charge is 0.376 e. The Balaban J connectivity index is 2.01. The molecule has 1 aromatic carbocycles. The van der Waals surface area contributed by atoms with Gasteiger partial charge in [-0.1, -0.05) is 30.9 Å². The van der Waals surface area contributed by atoms with Crippen LogP contribution in [-0.2, 0) is 4.79 Å². The van der Waals surface area contributed by atoms with Gasteiger partial charge in [0.25, 0.3) is 0 Å². The maximum atomic E-state index is 12.2. The second kappa shape index (κ2) is 6.98. The Bertz CT molecular complexity index is 468. The molecule has 1 N–H and O–H groups in total. The Morgan fingerprint density at radius 3 is 2.65 bits per heavy atom. The molecule has 0 spiro atoms. The molecule has 110 valence electrons. The van der Waals surface area contributed by atoms with Gasteiger partial charge in [0.2, 0.25) is 5.91 Å². The van der Waals surface area contributed by atoms with Crippen LogP contribution in [0.4, 0.5) is 11.4 Å². The van der Waals surface area contributed by atoms with Gasteiger partial charge in [-0.2, -0.15) is 0 Å². The summed E-state index contributed by atoms with van der Waals surface area (Å²) in [4.78, 5) is 14.2. The molecule has 0 bridgehead atoms. The lowest BCUT2D eigenvalue weighted by Gasteiger charge is -2.22. The van der Waals surface area contributed by atoms with Gasteiger partial charge in [0.1, 0.15) is 0 Å². The van der Waals surface area contributed by atoms with Gasteiger partial charge >= 0.3 is 0 Å². The summed E-state index contributed by atoms with van der Waals surface area (Å²) >= 11 is 6.03. The van der Waals surface area contributed by atoms with Crippen molar-refractivity contribution >= 4 is 28.9 Å². The van der Waals surface area contributed by atoms with Crippen LogP contribution in [0.15, 0.2) is 18.2 Å². The number of amides is 1. The highest BCUT2D eigenvalue weighted by Crippen LogP contribution is 2.30. The molecule has 2 rings (SSSR count). The van der Waals surface area contributed by atoms with Crippen molar-refractivity contribution in [1.29, 1.82) is 0 Å². The van der Waals surface area contributed by atoms with E-state index in [9.17, 15) is 4.79 Å². The molecule has 0 saturated heterocycles. The van der Waals surface area contributed by atoms with Crippen LogP contribution in [0.5, 0.6) is 0 Å². The molecule has 1 amide bonds. The molecule has 4 heteroatoms. The quantitative estimate of drug-likeness (QED) is 0.897. The van der Waals surface area contributed by atoms with Crippen LogP contribution in [0.1, 0.15) is 38.5 Å². The Kier molecular flexibility index (Phi) is 5.30. The van der Waals surface area contributed by atoms with Crippen LogP contribution >= 0.6 is 11.6 Å². The summed E-state index contributed by atoms with van der Waals surface area (Å²) in [6.07, 6.45) is 6.83. The van der Waals surface area contributed by atoms with Crippen molar-refractivity contribution in [3.63, 3.8) is 0 Å². The van der Waals surface area contributed by atoms with Crippen molar-refractivity contribution in [2.24, 2.45) is 5.92 Å². The highest BCUT2D eigenvalue weighted by Gasteiger charge is 2.18. The smallest absolute Gasteiger partial charge is 0.224 e. The van der Waals surface area contributed by atoms with Crippen LogP contribution < -0.4 is 10.2 Å². The zero-order chi connectivity index (χ0) is 14.5. The van der Waals surface area contributed by atoms with Crippen LogP contribution in [-0.4, -0.2) is 20.0 Å². The van der Waals surface area contributed by atoms with Gasteiger partial charge in [-0.25, -0.2) is 0 Å². The highest BCUT2D eigenvalue weighted by atomic mass is 35.5. The Labute approximate surface area is 126 Å². The molecular weight excluding hydrogens is 272 g/mol. The summed E-state index contributed by atoms with van der Waals surface area (Å²) < 4.78 is 0. The number of nitrogens with one attached hydrogen (secondary N) is 1. The average molecular weight is 295 g/mol. The van der Waals surface area contributed by atoms with E-state index in [2.05, 4.69) is 5.32 Å².